The Hall–Kier alpha value is -0.800. The van der Waals surface area contributed by atoms with E-state index < -0.39 is 29.5 Å². The van der Waals surface area contributed by atoms with Gasteiger partial charge in [-0.1, -0.05) is 0 Å². The van der Waals surface area contributed by atoms with Gasteiger partial charge >= 0.3 is 0 Å². The van der Waals surface area contributed by atoms with Gasteiger partial charge in [-0.2, -0.15) is 0 Å². The van der Waals surface area contributed by atoms with E-state index in [1.807, 2.05) is 0 Å². The Balaban J connectivity index is 4.52. The maximum absolute atomic E-state index is 10.9. The van der Waals surface area contributed by atoms with Crippen molar-refractivity contribution >= 4 is 0 Å². The summed E-state index contributed by atoms with van der Waals surface area (Å²) in [5, 5.41) is 20.8. The zero-order chi connectivity index (χ0) is 14.1. The van der Waals surface area contributed by atoms with Gasteiger partial charge in [0.2, 0.25) is 6.04 Å². The first-order chi connectivity index (χ1) is 8.47. The van der Waals surface area contributed by atoms with Gasteiger partial charge in [-0.3, -0.25) is 10.1 Å². The van der Waals surface area contributed by atoms with Gasteiger partial charge in [0.1, 0.15) is 12.9 Å². The molecule has 0 amide bonds. The molecule has 0 aromatic heterocycles. The van der Waals surface area contributed by atoms with Crippen LogP contribution in [0.1, 0.15) is 13.3 Å². The smallest absolute Gasteiger partial charge is 0.245 e. The predicted octanol–water partition coefficient (Wildman–Crippen LogP) is 0.0106. The summed E-state index contributed by atoms with van der Waals surface area (Å²) in [6, 6.07) is -1.23. The predicted molar refractivity (Wildman–Crippen MR) is 61.6 cm³/mol. The third-order valence-electron chi connectivity index (χ3n) is 2.55. The van der Waals surface area contributed by atoms with Gasteiger partial charge in [-0.15, -0.1) is 0 Å². The van der Waals surface area contributed by atoms with Crippen LogP contribution in [0.5, 0.6) is 0 Å². The van der Waals surface area contributed by atoms with Gasteiger partial charge in [-0.25, -0.2) is 0 Å². The van der Waals surface area contributed by atoms with E-state index in [1.165, 1.54) is 28.3 Å². The maximum atomic E-state index is 10.9. The van der Waals surface area contributed by atoms with E-state index >= 15 is 0 Å². The molecule has 0 aromatic rings. The van der Waals surface area contributed by atoms with Crippen molar-refractivity contribution in [1.82, 2.24) is 0 Å². The van der Waals surface area contributed by atoms with Crippen molar-refractivity contribution in [3.8, 4) is 0 Å². The number of hydrogen-bond donors (Lipinski definition) is 1. The normalized spacial score (nSPS) is 16.6. The Morgan fingerprint density at radius 3 is 2.22 bits per heavy atom. The number of hydrogen-bond acceptors (Lipinski definition) is 7. The Morgan fingerprint density at radius 2 is 1.83 bits per heavy atom. The molecule has 8 nitrogen and oxygen atoms in total. The molecule has 0 saturated carbocycles. The van der Waals surface area contributed by atoms with Crippen LogP contribution >= 0.6 is 0 Å². The van der Waals surface area contributed by atoms with Crippen molar-refractivity contribution in [2.75, 3.05) is 28.1 Å². The van der Waals surface area contributed by atoms with Gasteiger partial charge < -0.3 is 24.1 Å². The molecule has 0 bridgehead atoms. The van der Waals surface area contributed by atoms with E-state index in [-0.39, 0.29) is 13.2 Å². The average Bonchev–Trinajstić information content (AvgIpc) is 2.36. The monoisotopic (exact) mass is 267 g/mol. The van der Waals surface area contributed by atoms with Crippen LogP contribution < -0.4 is 0 Å². The van der Waals surface area contributed by atoms with E-state index in [0.717, 1.165) is 0 Å². The van der Waals surface area contributed by atoms with Gasteiger partial charge in [-0.05, 0) is 6.92 Å². The van der Waals surface area contributed by atoms with Crippen molar-refractivity contribution in [1.29, 1.82) is 0 Å². The van der Waals surface area contributed by atoms with Crippen LogP contribution in [0.4, 0.5) is 0 Å². The van der Waals surface area contributed by atoms with Crippen molar-refractivity contribution < 1.29 is 29.0 Å². The lowest BCUT2D eigenvalue weighted by Gasteiger charge is -2.24. The molecule has 0 aliphatic rings. The number of aliphatic hydroxyl groups excluding tert-OH is 1. The first-order valence-electron chi connectivity index (χ1n) is 5.45. The summed E-state index contributed by atoms with van der Waals surface area (Å²) in [5.41, 5.74) is 0. The lowest BCUT2D eigenvalue weighted by molar-refractivity contribution is -0.542. The largest absolute Gasteiger partial charge is 0.383 e. The molecule has 108 valence electrons. The Bertz CT molecular complexity index is 234. The summed E-state index contributed by atoms with van der Waals surface area (Å²) in [6.07, 6.45) is -2.82. The quantitative estimate of drug-likeness (QED) is 0.338. The first-order valence-corrected chi connectivity index (χ1v) is 5.45. The second-order valence-electron chi connectivity index (χ2n) is 3.76. The number of rotatable bonds is 10. The summed E-state index contributed by atoms with van der Waals surface area (Å²) in [7, 11) is 4.18. The fourth-order valence-electron chi connectivity index (χ4n) is 1.42. The molecule has 0 fully saturated rings. The maximum Gasteiger partial charge on any atom is 0.245 e. The molecule has 3 atom stereocenters. The van der Waals surface area contributed by atoms with E-state index in [2.05, 4.69) is 4.74 Å². The molecule has 0 rings (SSSR count). The van der Waals surface area contributed by atoms with Crippen molar-refractivity contribution in [2.24, 2.45) is 0 Å². The molecule has 0 aromatic carbocycles. The summed E-state index contributed by atoms with van der Waals surface area (Å²) in [5.74, 6) is 0. The minimum Gasteiger partial charge on any atom is -0.383 e. The highest BCUT2D eigenvalue weighted by atomic mass is 16.7. The molecule has 1 N–H and O–H groups in total. The Labute approximate surface area is 106 Å². The molecular weight excluding hydrogens is 246 g/mol. The molecule has 0 spiro atoms. The van der Waals surface area contributed by atoms with Crippen LogP contribution in [0, 0.1) is 10.1 Å². The van der Waals surface area contributed by atoms with Crippen LogP contribution in [-0.2, 0) is 18.9 Å². The lowest BCUT2D eigenvalue weighted by Crippen LogP contribution is -2.44. The van der Waals surface area contributed by atoms with Crippen LogP contribution in [0.2, 0.25) is 0 Å². The van der Waals surface area contributed by atoms with Gasteiger partial charge in [0.25, 0.3) is 0 Å². The molecule has 0 aliphatic heterocycles. The fraction of sp³-hybridized carbons (Fsp3) is 1.00. The molecule has 8 heteroatoms. The first kappa shape index (κ1) is 17.2. The van der Waals surface area contributed by atoms with Gasteiger partial charge in [0.05, 0.1) is 12.5 Å². The molecule has 18 heavy (non-hydrogen) atoms. The SMILES string of the molecule is COCO[C@@H](C)[C@@H](O)[C@H](CC(OC)OC)[N+](=O)[O-]. The standard InChI is InChI=1S/C10H21NO7/c1-7(18-6-15-2)10(12)8(11(13)14)5-9(16-3)17-4/h7-10,12H,5-6H2,1-4H3/t7-,8-,10+/m0/s1. The van der Waals surface area contributed by atoms with Crippen molar-refractivity contribution in [2.45, 2.75) is 37.9 Å². The van der Waals surface area contributed by atoms with Gasteiger partial charge in [0.15, 0.2) is 6.29 Å². The minimum absolute atomic E-state index is 0.0410. The van der Waals surface area contributed by atoms with E-state index in [9.17, 15) is 15.2 Å². The summed E-state index contributed by atoms with van der Waals surface area (Å²) in [6.45, 7) is 1.50. The van der Waals surface area contributed by atoms with Crippen LogP contribution in [0.25, 0.3) is 0 Å². The molecule has 0 heterocycles. The molecule has 0 saturated heterocycles. The third kappa shape index (κ3) is 5.69. The molecule has 0 unspecified atom stereocenters. The molecule has 0 radical (unpaired) electrons. The van der Waals surface area contributed by atoms with E-state index in [1.54, 1.807) is 0 Å². The molecule has 0 aliphatic carbocycles. The number of nitro groups is 1. The Morgan fingerprint density at radius 1 is 1.28 bits per heavy atom. The second kappa shape index (κ2) is 9.17. The van der Waals surface area contributed by atoms with E-state index in [0.29, 0.717) is 0 Å². The highest BCUT2D eigenvalue weighted by Crippen LogP contribution is 2.14. The van der Waals surface area contributed by atoms with Crippen molar-refractivity contribution in [3.63, 3.8) is 0 Å². The van der Waals surface area contributed by atoms with E-state index in [4.69, 9.17) is 14.2 Å². The second-order valence-corrected chi connectivity index (χ2v) is 3.76. The van der Waals surface area contributed by atoms with Crippen LogP contribution in [0.15, 0.2) is 0 Å². The average molecular weight is 267 g/mol. The summed E-state index contributed by atoms with van der Waals surface area (Å²) < 4.78 is 19.5. The zero-order valence-corrected chi connectivity index (χ0v) is 11.1. The van der Waals surface area contributed by atoms with Gasteiger partial charge in [0, 0.05) is 26.3 Å². The minimum atomic E-state index is -1.28. The summed E-state index contributed by atoms with van der Waals surface area (Å²) in [4.78, 5) is 10.4. The topological polar surface area (TPSA) is 100 Å². The molecular formula is C10H21NO7. The number of aliphatic hydroxyl groups is 1. The number of nitrogens with zero attached hydrogens (tertiary/aromatic N) is 1. The number of ether oxygens (including phenoxy) is 4. The summed E-state index contributed by atoms with van der Waals surface area (Å²) >= 11 is 0. The fourth-order valence-corrected chi connectivity index (χ4v) is 1.42. The van der Waals surface area contributed by atoms with Crippen molar-refractivity contribution in [3.05, 3.63) is 10.1 Å². The number of methoxy groups -OCH3 is 3. The third-order valence-corrected chi connectivity index (χ3v) is 2.55. The highest BCUT2D eigenvalue weighted by molar-refractivity contribution is 4.75. The lowest BCUT2D eigenvalue weighted by atomic mass is 10.0. The zero-order valence-electron chi connectivity index (χ0n) is 11.1. The highest BCUT2D eigenvalue weighted by Gasteiger charge is 2.37. The van der Waals surface area contributed by atoms with Crippen LogP contribution in [0.3, 0.4) is 0 Å². The van der Waals surface area contributed by atoms with Crippen LogP contribution in [-0.4, -0.2) is 62.7 Å². The Kier molecular flexibility index (Phi) is 8.77.